The molecule has 2 aromatic heterocycles. The van der Waals surface area contributed by atoms with Crippen LogP contribution in [0.15, 0.2) is 70.2 Å². The fraction of sp³-hybridized carbons (Fsp3) is 0.0952. The minimum absolute atomic E-state index is 0.141. The number of carbonyl (C=O) groups is 1. The second-order valence-corrected chi connectivity index (χ2v) is 8.28. The van der Waals surface area contributed by atoms with Gasteiger partial charge < -0.3 is 5.32 Å². The SMILES string of the molecule is Cc1c(C(=O)Nc2ccccc2)sc2ncn(Cc3cccc(Br)c3)c(=O)c12. The molecule has 7 heteroatoms. The van der Waals surface area contributed by atoms with Gasteiger partial charge in [0.05, 0.1) is 23.1 Å². The van der Waals surface area contributed by atoms with Crippen molar-refractivity contribution >= 4 is 49.1 Å². The number of amides is 1. The molecule has 0 saturated heterocycles. The molecule has 1 amide bonds. The molecule has 4 aromatic rings. The van der Waals surface area contributed by atoms with E-state index in [1.165, 1.54) is 11.3 Å². The van der Waals surface area contributed by atoms with Gasteiger partial charge >= 0.3 is 0 Å². The second kappa shape index (κ2) is 7.69. The quantitative estimate of drug-likeness (QED) is 0.481. The predicted octanol–water partition coefficient (Wildman–Crippen LogP) is 4.83. The van der Waals surface area contributed by atoms with Gasteiger partial charge in [0.25, 0.3) is 11.5 Å². The number of hydrogen-bond acceptors (Lipinski definition) is 4. The number of aromatic nitrogens is 2. The highest BCUT2D eigenvalue weighted by molar-refractivity contribution is 9.10. The van der Waals surface area contributed by atoms with Crippen LogP contribution in [0.2, 0.25) is 0 Å². The van der Waals surface area contributed by atoms with E-state index in [9.17, 15) is 9.59 Å². The number of fused-ring (bicyclic) bond motifs is 1. The lowest BCUT2D eigenvalue weighted by Crippen LogP contribution is -2.21. The van der Waals surface area contributed by atoms with Crippen LogP contribution in [0.25, 0.3) is 10.2 Å². The Labute approximate surface area is 173 Å². The van der Waals surface area contributed by atoms with Crippen molar-refractivity contribution in [2.24, 2.45) is 0 Å². The zero-order valence-electron chi connectivity index (χ0n) is 15.0. The van der Waals surface area contributed by atoms with Crippen molar-refractivity contribution in [3.8, 4) is 0 Å². The van der Waals surface area contributed by atoms with Gasteiger partial charge in [-0.3, -0.25) is 14.2 Å². The average molecular weight is 454 g/mol. The Morgan fingerprint density at radius 1 is 1.18 bits per heavy atom. The third-order valence-electron chi connectivity index (χ3n) is 4.40. The summed E-state index contributed by atoms with van der Waals surface area (Å²) in [6.07, 6.45) is 1.54. The predicted molar refractivity (Wildman–Crippen MR) is 116 cm³/mol. The monoisotopic (exact) mass is 453 g/mol. The summed E-state index contributed by atoms with van der Waals surface area (Å²) in [6.45, 7) is 2.22. The molecule has 0 atom stereocenters. The Bertz CT molecular complexity index is 1230. The van der Waals surface area contributed by atoms with Crippen LogP contribution in [0.5, 0.6) is 0 Å². The fourth-order valence-electron chi connectivity index (χ4n) is 3.03. The normalized spacial score (nSPS) is 10.9. The summed E-state index contributed by atoms with van der Waals surface area (Å²) in [4.78, 5) is 31.2. The lowest BCUT2D eigenvalue weighted by Gasteiger charge is -2.06. The highest BCUT2D eigenvalue weighted by Gasteiger charge is 2.19. The van der Waals surface area contributed by atoms with E-state index in [0.717, 1.165) is 10.0 Å². The van der Waals surface area contributed by atoms with E-state index in [2.05, 4.69) is 26.2 Å². The van der Waals surface area contributed by atoms with Crippen LogP contribution in [-0.2, 0) is 6.54 Å². The average Bonchev–Trinajstić information content (AvgIpc) is 3.02. The van der Waals surface area contributed by atoms with Gasteiger partial charge in [0.1, 0.15) is 4.83 Å². The third kappa shape index (κ3) is 3.63. The molecule has 0 aliphatic heterocycles. The lowest BCUT2D eigenvalue weighted by molar-refractivity contribution is 0.103. The number of rotatable bonds is 4. The van der Waals surface area contributed by atoms with Crippen molar-refractivity contribution in [1.29, 1.82) is 0 Å². The number of anilines is 1. The van der Waals surface area contributed by atoms with E-state index in [-0.39, 0.29) is 11.5 Å². The van der Waals surface area contributed by atoms with Crippen LogP contribution >= 0.6 is 27.3 Å². The smallest absolute Gasteiger partial charge is 0.266 e. The molecule has 5 nitrogen and oxygen atoms in total. The maximum absolute atomic E-state index is 13.0. The van der Waals surface area contributed by atoms with Crippen molar-refractivity contribution in [2.75, 3.05) is 5.32 Å². The molecule has 2 heterocycles. The molecule has 0 aliphatic carbocycles. The van der Waals surface area contributed by atoms with Gasteiger partial charge in [0, 0.05) is 10.2 Å². The summed E-state index contributed by atoms with van der Waals surface area (Å²) < 4.78 is 2.53. The minimum Gasteiger partial charge on any atom is -0.321 e. The van der Waals surface area contributed by atoms with Crippen LogP contribution in [0.1, 0.15) is 20.8 Å². The van der Waals surface area contributed by atoms with E-state index in [0.29, 0.717) is 32.9 Å². The first-order valence-corrected chi connectivity index (χ1v) is 10.2. The molecule has 1 N–H and O–H groups in total. The zero-order valence-corrected chi connectivity index (χ0v) is 17.4. The second-order valence-electron chi connectivity index (χ2n) is 6.36. The van der Waals surface area contributed by atoms with E-state index in [1.54, 1.807) is 17.8 Å². The Balaban J connectivity index is 1.70. The van der Waals surface area contributed by atoms with Crippen molar-refractivity contribution in [3.05, 3.63) is 91.8 Å². The summed E-state index contributed by atoms with van der Waals surface area (Å²) in [5.41, 5.74) is 2.23. The summed E-state index contributed by atoms with van der Waals surface area (Å²) >= 11 is 4.68. The number of carbonyl (C=O) groups excluding carboxylic acids is 1. The third-order valence-corrected chi connectivity index (χ3v) is 6.09. The van der Waals surface area contributed by atoms with Crippen molar-refractivity contribution < 1.29 is 4.79 Å². The molecule has 2 aromatic carbocycles. The van der Waals surface area contributed by atoms with Crippen LogP contribution in [0.3, 0.4) is 0 Å². The molecular formula is C21H16BrN3O2S. The van der Waals surface area contributed by atoms with Gasteiger partial charge in [-0.25, -0.2) is 4.98 Å². The maximum Gasteiger partial charge on any atom is 0.266 e. The van der Waals surface area contributed by atoms with Crippen molar-refractivity contribution in [2.45, 2.75) is 13.5 Å². The number of aryl methyl sites for hydroxylation is 1. The number of thiophene rings is 1. The first-order chi connectivity index (χ1) is 13.5. The molecule has 0 saturated carbocycles. The van der Waals surface area contributed by atoms with E-state index < -0.39 is 0 Å². The van der Waals surface area contributed by atoms with Gasteiger partial charge in [0.2, 0.25) is 0 Å². The van der Waals surface area contributed by atoms with Gasteiger partial charge in [-0.15, -0.1) is 11.3 Å². The summed E-state index contributed by atoms with van der Waals surface area (Å²) in [5.74, 6) is -0.232. The molecule has 0 bridgehead atoms. The Morgan fingerprint density at radius 3 is 2.71 bits per heavy atom. The van der Waals surface area contributed by atoms with Crippen LogP contribution < -0.4 is 10.9 Å². The topological polar surface area (TPSA) is 64.0 Å². The molecule has 4 rings (SSSR count). The first kappa shape index (κ1) is 18.6. The minimum atomic E-state index is -0.232. The number of nitrogens with one attached hydrogen (secondary N) is 1. The molecule has 28 heavy (non-hydrogen) atoms. The number of benzene rings is 2. The number of para-hydroxylation sites is 1. The number of hydrogen-bond donors (Lipinski definition) is 1. The largest absolute Gasteiger partial charge is 0.321 e. The van der Waals surface area contributed by atoms with Gasteiger partial charge in [-0.1, -0.05) is 46.3 Å². The summed E-state index contributed by atoms with van der Waals surface area (Å²) in [6, 6.07) is 17.0. The van der Waals surface area contributed by atoms with Gasteiger partial charge in [-0.2, -0.15) is 0 Å². The van der Waals surface area contributed by atoms with Crippen LogP contribution in [0, 0.1) is 6.92 Å². The fourth-order valence-corrected chi connectivity index (χ4v) is 4.51. The van der Waals surface area contributed by atoms with E-state index in [4.69, 9.17) is 0 Å². The van der Waals surface area contributed by atoms with E-state index in [1.807, 2.05) is 54.6 Å². The Morgan fingerprint density at radius 2 is 1.96 bits per heavy atom. The standard InChI is InChI=1S/C21H16BrN3O2S/c1-13-17-20(28-18(13)19(26)24-16-8-3-2-4-9-16)23-12-25(21(17)27)11-14-6-5-7-15(22)10-14/h2-10,12H,11H2,1H3,(H,24,26). The maximum atomic E-state index is 13.0. The highest BCUT2D eigenvalue weighted by Crippen LogP contribution is 2.27. The molecule has 0 radical (unpaired) electrons. The Kier molecular flexibility index (Phi) is 5.11. The summed E-state index contributed by atoms with van der Waals surface area (Å²) in [5, 5.41) is 3.37. The van der Waals surface area contributed by atoms with Gasteiger partial charge in [0.15, 0.2) is 0 Å². The van der Waals surface area contributed by atoms with Crippen molar-refractivity contribution in [1.82, 2.24) is 9.55 Å². The zero-order chi connectivity index (χ0) is 19.7. The molecule has 140 valence electrons. The molecular weight excluding hydrogens is 438 g/mol. The van der Waals surface area contributed by atoms with Crippen LogP contribution in [0.4, 0.5) is 5.69 Å². The molecule has 0 unspecified atom stereocenters. The number of nitrogens with zero attached hydrogens (tertiary/aromatic N) is 2. The molecule has 0 spiro atoms. The lowest BCUT2D eigenvalue weighted by atomic mass is 10.2. The first-order valence-electron chi connectivity index (χ1n) is 8.62. The molecule has 0 aliphatic rings. The number of halogens is 1. The van der Waals surface area contributed by atoms with Crippen molar-refractivity contribution in [3.63, 3.8) is 0 Å². The van der Waals surface area contributed by atoms with Gasteiger partial charge in [-0.05, 0) is 42.3 Å². The molecule has 0 fully saturated rings. The summed E-state index contributed by atoms with van der Waals surface area (Å²) in [7, 11) is 0. The Hall–Kier alpha value is -2.77. The van der Waals surface area contributed by atoms with Crippen LogP contribution in [-0.4, -0.2) is 15.5 Å². The highest BCUT2D eigenvalue weighted by atomic mass is 79.9. The van der Waals surface area contributed by atoms with E-state index >= 15 is 0 Å².